The first-order valence-corrected chi connectivity index (χ1v) is 9.83. The third-order valence-electron chi connectivity index (χ3n) is 3.88. The van der Waals surface area contributed by atoms with Crippen LogP contribution < -0.4 is 5.32 Å². The lowest BCUT2D eigenvalue weighted by molar-refractivity contribution is -0.386. The number of anilines is 2. The quantitative estimate of drug-likeness (QED) is 0.489. The standard InChI is InChI=1S/C17H13F3N4O4S/c1-29(27,28)15-7-3-6-14(16(15)24(25)26)22-12-9-21-23(10-12)13-5-2-4-11(8-13)17(18,19)20/h2-10,22H,1H3. The normalized spacial score (nSPS) is 12.0. The second-order valence-electron chi connectivity index (χ2n) is 6.03. The molecule has 12 heteroatoms. The van der Waals surface area contributed by atoms with Crippen molar-refractivity contribution in [2.24, 2.45) is 0 Å². The molecule has 0 bridgehead atoms. The van der Waals surface area contributed by atoms with Crippen LogP contribution in [-0.4, -0.2) is 29.4 Å². The summed E-state index contributed by atoms with van der Waals surface area (Å²) in [7, 11) is -3.86. The highest BCUT2D eigenvalue weighted by atomic mass is 32.2. The van der Waals surface area contributed by atoms with Crippen LogP contribution in [0, 0.1) is 10.1 Å². The Morgan fingerprint density at radius 2 is 1.86 bits per heavy atom. The van der Waals surface area contributed by atoms with Crippen molar-refractivity contribution in [3.8, 4) is 5.69 Å². The third kappa shape index (κ3) is 4.37. The monoisotopic (exact) mass is 426 g/mol. The van der Waals surface area contributed by atoms with Crippen molar-refractivity contribution in [3.05, 3.63) is 70.5 Å². The minimum absolute atomic E-state index is 0.0958. The second kappa shape index (κ2) is 7.20. The van der Waals surface area contributed by atoms with Gasteiger partial charge in [0.15, 0.2) is 9.84 Å². The molecule has 29 heavy (non-hydrogen) atoms. The van der Waals surface area contributed by atoms with E-state index in [0.717, 1.165) is 29.1 Å². The van der Waals surface area contributed by atoms with Crippen LogP contribution in [0.25, 0.3) is 5.69 Å². The van der Waals surface area contributed by atoms with Gasteiger partial charge in [0.25, 0.3) is 0 Å². The number of benzene rings is 2. The van der Waals surface area contributed by atoms with Crippen molar-refractivity contribution in [3.63, 3.8) is 0 Å². The summed E-state index contributed by atoms with van der Waals surface area (Å²) in [6.45, 7) is 0. The molecule has 3 aromatic rings. The summed E-state index contributed by atoms with van der Waals surface area (Å²) in [6, 6.07) is 8.24. The molecule has 0 spiro atoms. The third-order valence-corrected chi connectivity index (χ3v) is 5.01. The summed E-state index contributed by atoms with van der Waals surface area (Å²) in [4.78, 5) is 10.1. The lowest BCUT2D eigenvalue weighted by Crippen LogP contribution is -2.06. The van der Waals surface area contributed by atoms with Crippen LogP contribution >= 0.6 is 0 Å². The number of alkyl halides is 3. The van der Waals surface area contributed by atoms with Gasteiger partial charge in [0, 0.05) is 6.26 Å². The maximum absolute atomic E-state index is 12.9. The number of hydrogen-bond acceptors (Lipinski definition) is 6. The van der Waals surface area contributed by atoms with Gasteiger partial charge in [-0.05, 0) is 30.3 Å². The molecule has 3 rings (SSSR count). The number of halogens is 3. The van der Waals surface area contributed by atoms with Gasteiger partial charge in [-0.25, -0.2) is 13.1 Å². The Labute approximate surface area is 162 Å². The topological polar surface area (TPSA) is 107 Å². The van der Waals surface area contributed by atoms with Gasteiger partial charge >= 0.3 is 11.9 Å². The van der Waals surface area contributed by atoms with Gasteiger partial charge in [0.05, 0.1) is 34.3 Å². The molecule has 0 amide bonds. The number of hydrogen-bond donors (Lipinski definition) is 1. The average Bonchev–Trinajstić information content (AvgIpc) is 3.08. The van der Waals surface area contributed by atoms with Crippen molar-refractivity contribution in [1.82, 2.24) is 9.78 Å². The van der Waals surface area contributed by atoms with E-state index in [1.165, 1.54) is 36.7 Å². The zero-order valence-electron chi connectivity index (χ0n) is 14.7. The minimum atomic E-state index is -4.52. The van der Waals surface area contributed by atoms with Gasteiger partial charge in [0.1, 0.15) is 10.6 Å². The Balaban J connectivity index is 1.97. The van der Waals surface area contributed by atoms with Gasteiger partial charge in [0.2, 0.25) is 0 Å². The molecule has 0 aliphatic heterocycles. The van der Waals surface area contributed by atoms with Crippen molar-refractivity contribution in [1.29, 1.82) is 0 Å². The highest BCUT2D eigenvalue weighted by Gasteiger charge is 2.30. The molecule has 0 radical (unpaired) electrons. The molecular weight excluding hydrogens is 413 g/mol. The van der Waals surface area contributed by atoms with Gasteiger partial charge in [-0.1, -0.05) is 12.1 Å². The van der Waals surface area contributed by atoms with Crippen LogP contribution in [0.1, 0.15) is 5.56 Å². The predicted molar refractivity (Wildman–Crippen MR) is 98.1 cm³/mol. The maximum atomic E-state index is 12.9. The van der Waals surface area contributed by atoms with E-state index in [1.807, 2.05) is 0 Å². The maximum Gasteiger partial charge on any atom is 0.416 e. The molecule has 2 aromatic carbocycles. The summed E-state index contributed by atoms with van der Waals surface area (Å²) < 4.78 is 63.4. The molecule has 0 saturated carbocycles. The highest BCUT2D eigenvalue weighted by molar-refractivity contribution is 7.90. The molecule has 8 nitrogen and oxygen atoms in total. The average molecular weight is 426 g/mol. The number of nitro benzene ring substituents is 1. The Hall–Kier alpha value is -3.41. The van der Waals surface area contributed by atoms with Crippen molar-refractivity contribution in [2.45, 2.75) is 11.1 Å². The number of nitrogens with one attached hydrogen (secondary N) is 1. The molecule has 0 atom stereocenters. The van der Waals surface area contributed by atoms with Crippen LogP contribution in [0.4, 0.5) is 30.2 Å². The molecule has 152 valence electrons. The zero-order chi connectivity index (χ0) is 21.4. The van der Waals surface area contributed by atoms with Crippen molar-refractivity contribution in [2.75, 3.05) is 11.6 Å². The van der Waals surface area contributed by atoms with Gasteiger partial charge in [-0.15, -0.1) is 0 Å². The molecule has 1 N–H and O–H groups in total. The fourth-order valence-electron chi connectivity index (χ4n) is 2.62. The summed E-state index contributed by atoms with van der Waals surface area (Å²) in [5, 5.41) is 18.1. The number of aromatic nitrogens is 2. The van der Waals surface area contributed by atoms with E-state index in [9.17, 15) is 31.7 Å². The number of nitro groups is 1. The molecule has 0 fully saturated rings. The first kappa shape index (κ1) is 20.3. The second-order valence-corrected chi connectivity index (χ2v) is 8.01. The molecule has 0 aliphatic rings. The Bertz CT molecular complexity index is 1190. The highest BCUT2D eigenvalue weighted by Crippen LogP contribution is 2.34. The number of nitrogens with zero attached hydrogens (tertiary/aromatic N) is 3. The summed E-state index contributed by atoms with van der Waals surface area (Å²) in [5.41, 5.74) is -1.23. The minimum Gasteiger partial charge on any atom is -0.347 e. The number of para-hydroxylation sites is 1. The smallest absolute Gasteiger partial charge is 0.347 e. The number of rotatable bonds is 5. The van der Waals surface area contributed by atoms with Gasteiger partial charge in [-0.3, -0.25) is 10.1 Å². The lowest BCUT2D eigenvalue weighted by Gasteiger charge is -2.09. The summed E-state index contributed by atoms with van der Waals surface area (Å²) >= 11 is 0. The largest absolute Gasteiger partial charge is 0.416 e. The first-order chi connectivity index (χ1) is 13.5. The molecule has 0 saturated heterocycles. The van der Waals surface area contributed by atoms with E-state index < -0.39 is 37.1 Å². The Kier molecular flexibility index (Phi) is 5.05. The van der Waals surface area contributed by atoms with Crippen LogP contribution in [0.5, 0.6) is 0 Å². The molecule has 1 aromatic heterocycles. The summed E-state index contributed by atoms with van der Waals surface area (Å²) in [6.07, 6.45) is -1.09. The molecule has 1 heterocycles. The van der Waals surface area contributed by atoms with E-state index in [1.54, 1.807) is 0 Å². The fraction of sp³-hybridized carbons (Fsp3) is 0.118. The SMILES string of the molecule is CS(=O)(=O)c1cccc(Nc2cnn(-c3cccc(C(F)(F)F)c3)c2)c1[N+](=O)[O-]. The van der Waals surface area contributed by atoms with E-state index in [0.29, 0.717) is 0 Å². The zero-order valence-corrected chi connectivity index (χ0v) is 15.5. The lowest BCUT2D eigenvalue weighted by atomic mass is 10.2. The van der Waals surface area contributed by atoms with Crippen LogP contribution in [0.15, 0.2) is 59.8 Å². The molecule has 0 aliphatic carbocycles. The van der Waals surface area contributed by atoms with E-state index in [-0.39, 0.29) is 17.1 Å². The van der Waals surface area contributed by atoms with Gasteiger partial charge < -0.3 is 5.32 Å². The summed E-state index contributed by atoms with van der Waals surface area (Å²) in [5.74, 6) is 0. The van der Waals surface area contributed by atoms with Crippen LogP contribution in [-0.2, 0) is 16.0 Å². The van der Waals surface area contributed by atoms with Crippen LogP contribution in [0.2, 0.25) is 0 Å². The van der Waals surface area contributed by atoms with Crippen molar-refractivity contribution < 1.29 is 26.5 Å². The molecular formula is C17H13F3N4O4S. The van der Waals surface area contributed by atoms with E-state index in [2.05, 4.69) is 10.4 Å². The first-order valence-electron chi connectivity index (χ1n) is 7.93. The Morgan fingerprint density at radius 1 is 1.17 bits per heavy atom. The van der Waals surface area contributed by atoms with Crippen LogP contribution in [0.3, 0.4) is 0 Å². The fourth-order valence-corrected chi connectivity index (χ4v) is 3.48. The Morgan fingerprint density at radius 3 is 2.48 bits per heavy atom. The predicted octanol–water partition coefficient (Wildman–Crippen LogP) is 3.95. The van der Waals surface area contributed by atoms with E-state index in [4.69, 9.17) is 0 Å². The van der Waals surface area contributed by atoms with E-state index >= 15 is 0 Å². The van der Waals surface area contributed by atoms with Gasteiger partial charge in [-0.2, -0.15) is 18.3 Å². The molecule has 0 unspecified atom stereocenters. The number of sulfone groups is 1. The van der Waals surface area contributed by atoms with Crippen molar-refractivity contribution >= 4 is 26.9 Å².